The van der Waals surface area contributed by atoms with Crippen molar-refractivity contribution in [3.05, 3.63) is 76.2 Å². The van der Waals surface area contributed by atoms with Gasteiger partial charge in [0.05, 0.1) is 17.1 Å². The highest BCUT2D eigenvalue weighted by molar-refractivity contribution is 5.83. The zero-order valence-corrected chi connectivity index (χ0v) is 17.8. The Bertz CT molecular complexity index is 1140. The molecule has 1 aliphatic carbocycles. The predicted octanol–water partition coefficient (Wildman–Crippen LogP) is 3.83. The van der Waals surface area contributed by atoms with Crippen LogP contribution < -0.4 is 10.9 Å². The van der Waals surface area contributed by atoms with Crippen LogP contribution in [0.1, 0.15) is 43.4 Å². The Morgan fingerprint density at radius 1 is 1.03 bits per heavy atom. The molecular weight excluding hydrogens is 388 g/mol. The molecule has 1 saturated carbocycles. The fraction of sp³-hybridized carbons (Fsp3) is 0.400. The Labute approximate surface area is 181 Å². The van der Waals surface area contributed by atoms with E-state index in [1.807, 2.05) is 47.4 Å². The van der Waals surface area contributed by atoms with Crippen molar-refractivity contribution >= 4 is 16.8 Å². The van der Waals surface area contributed by atoms with Gasteiger partial charge in [-0.15, -0.1) is 0 Å². The molecule has 1 aliphatic heterocycles. The second-order valence-corrected chi connectivity index (χ2v) is 9.10. The van der Waals surface area contributed by atoms with Crippen LogP contribution in [0.2, 0.25) is 0 Å². The van der Waals surface area contributed by atoms with E-state index in [0.29, 0.717) is 17.3 Å². The number of rotatable bonds is 6. The number of hydrogen-bond donors (Lipinski definition) is 2. The van der Waals surface area contributed by atoms with Crippen molar-refractivity contribution in [2.24, 2.45) is 5.92 Å². The summed E-state index contributed by atoms with van der Waals surface area (Å²) in [5.74, 6) is 0.833. The lowest BCUT2D eigenvalue weighted by molar-refractivity contribution is 0.106. The number of H-pyrrole nitrogens is 1. The molecule has 1 saturated heterocycles. The summed E-state index contributed by atoms with van der Waals surface area (Å²) in [6, 6.07) is 18.6. The lowest BCUT2D eigenvalue weighted by atomic mass is 9.74. The van der Waals surface area contributed by atoms with Crippen LogP contribution in [-0.2, 0) is 6.42 Å². The van der Waals surface area contributed by atoms with Crippen LogP contribution in [0.5, 0.6) is 0 Å². The smallest absolute Gasteiger partial charge is 0.318 e. The van der Waals surface area contributed by atoms with E-state index in [0.717, 1.165) is 43.3 Å². The Kier molecular flexibility index (Phi) is 5.22. The molecule has 31 heavy (non-hydrogen) atoms. The third kappa shape index (κ3) is 3.94. The van der Waals surface area contributed by atoms with Crippen molar-refractivity contribution in [1.82, 2.24) is 20.4 Å². The molecule has 2 aromatic carbocycles. The minimum absolute atomic E-state index is 0.0747. The number of carbonyl (C=O) groups is 1. The first-order chi connectivity index (χ1) is 15.1. The fourth-order valence-electron chi connectivity index (χ4n) is 5.22. The number of benzene rings is 2. The van der Waals surface area contributed by atoms with Gasteiger partial charge >= 0.3 is 6.03 Å². The first-order valence-corrected chi connectivity index (χ1v) is 11.2. The third-order valence-electron chi connectivity index (χ3n) is 6.86. The number of nitrogens with zero attached hydrogens (tertiary/aromatic N) is 2. The van der Waals surface area contributed by atoms with E-state index < -0.39 is 0 Å². The van der Waals surface area contributed by atoms with Crippen LogP contribution in [0.3, 0.4) is 0 Å². The molecule has 1 aromatic heterocycles. The first-order valence-electron chi connectivity index (χ1n) is 11.2. The number of fused-ring (bicyclic) bond motifs is 1. The highest BCUT2D eigenvalue weighted by Gasteiger charge is 2.41. The predicted molar refractivity (Wildman–Crippen MR) is 121 cm³/mol. The summed E-state index contributed by atoms with van der Waals surface area (Å²) < 4.78 is 0. The molecule has 160 valence electrons. The Balaban J connectivity index is 1.18. The fourth-order valence-corrected chi connectivity index (χ4v) is 5.22. The number of hydrogen-bond acceptors (Lipinski definition) is 3. The molecule has 5 rings (SSSR count). The van der Waals surface area contributed by atoms with Crippen LogP contribution in [-0.4, -0.2) is 39.8 Å². The van der Waals surface area contributed by atoms with E-state index in [1.165, 1.54) is 5.56 Å². The van der Waals surface area contributed by atoms with Crippen molar-refractivity contribution in [1.29, 1.82) is 0 Å². The maximum atomic E-state index is 12.5. The highest BCUT2D eigenvalue weighted by Crippen LogP contribution is 2.40. The topological polar surface area (TPSA) is 78.1 Å². The lowest BCUT2D eigenvalue weighted by Gasteiger charge is -2.41. The van der Waals surface area contributed by atoms with E-state index in [-0.39, 0.29) is 23.6 Å². The normalized spacial score (nSPS) is 24.1. The third-order valence-corrected chi connectivity index (χ3v) is 6.86. The number of aromatic nitrogens is 2. The van der Waals surface area contributed by atoms with Crippen molar-refractivity contribution in [2.45, 2.75) is 50.6 Å². The molecule has 2 N–H and O–H groups in total. The standard InChI is InChI=1S/C25H28N4O2/c1-16(23-21-9-5-6-10-22(21)24(30)28-27-23)11-18-13-20(14-18)29-15-19(26-25(29)31)12-17-7-3-2-4-8-17/h2-10,16,18-20H,11-15H2,1H3,(H,26,31)(H,28,30)/t16-,18-,19-,20-/m0/s1. The van der Waals surface area contributed by atoms with Gasteiger partial charge in [0.25, 0.3) is 5.56 Å². The molecule has 6 nitrogen and oxygen atoms in total. The van der Waals surface area contributed by atoms with Crippen molar-refractivity contribution < 1.29 is 4.79 Å². The van der Waals surface area contributed by atoms with Gasteiger partial charge in [0.1, 0.15) is 0 Å². The van der Waals surface area contributed by atoms with Gasteiger partial charge < -0.3 is 10.2 Å². The molecular formula is C25H28N4O2. The van der Waals surface area contributed by atoms with Gasteiger partial charge in [0.2, 0.25) is 0 Å². The number of amides is 2. The molecule has 2 amide bonds. The second kappa shape index (κ2) is 8.17. The van der Waals surface area contributed by atoms with E-state index >= 15 is 0 Å². The Hall–Kier alpha value is -3.15. The summed E-state index contributed by atoms with van der Waals surface area (Å²) in [4.78, 5) is 26.6. The van der Waals surface area contributed by atoms with Gasteiger partial charge in [-0.05, 0) is 43.2 Å². The molecule has 2 heterocycles. The summed E-state index contributed by atoms with van der Waals surface area (Å²) >= 11 is 0. The van der Waals surface area contributed by atoms with E-state index in [9.17, 15) is 9.59 Å². The summed E-state index contributed by atoms with van der Waals surface area (Å²) in [6.07, 6.45) is 3.97. The number of aromatic amines is 1. The molecule has 3 aromatic rings. The molecule has 6 heteroatoms. The van der Waals surface area contributed by atoms with E-state index in [2.05, 4.69) is 34.6 Å². The molecule has 0 radical (unpaired) electrons. The van der Waals surface area contributed by atoms with Crippen LogP contribution in [0, 0.1) is 5.92 Å². The molecule has 2 atom stereocenters. The summed E-state index contributed by atoms with van der Waals surface area (Å²) in [5, 5.41) is 11.8. The van der Waals surface area contributed by atoms with E-state index in [4.69, 9.17) is 0 Å². The lowest BCUT2D eigenvalue weighted by Crippen LogP contribution is -2.46. The number of urea groups is 1. The zero-order chi connectivity index (χ0) is 21.4. The minimum Gasteiger partial charge on any atom is -0.333 e. The number of nitrogens with one attached hydrogen (secondary N) is 2. The van der Waals surface area contributed by atoms with Gasteiger partial charge in [0, 0.05) is 23.9 Å². The Morgan fingerprint density at radius 3 is 2.52 bits per heavy atom. The maximum Gasteiger partial charge on any atom is 0.318 e. The van der Waals surface area contributed by atoms with Gasteiger partial charge in [0.15, 0.2) is 0 Å². The van der Waals surface area contributed by atoms with Crippen LogP contribution in [0.15, 0.2) is 59.4 Å². The van der Waals surface area contributed by atoms with E-state index in [1.54, 1.807) is 0 Å². The quantitative estimate of drug-likeness (QED) is 0.641. The SMILES string of the molecule is C[C@@H](C[C@H]1C[C@H](N2C[C@H](Cc3ccccc3)NC2=O)C1)c1n[nH]c(=O)c2ccccc12. The minimum atomic E-state index is -0.139. The highest BCUT2D eigenvalue weighted by atomic mass is 16.2. The van der Waals surface area contributed by atoms with Gasteiger partial charge in [-0.1, -0.05) is 55.5 Å². The monoisotopic (exact) mass is 416 g/mol. The average Bonchev–Trinajstić information content (AvgIpc) is 3.10. The van der Waals surface area contributed by atoms with Crippen LogP contribution in [0.4, 0.5) is 4.79 Å². The molecule has 2 aliphatic rings. The number of carbonyl (C=O) groups excluding carboxylic acids is 1. The van der Waals surface area contributed by atoms with Crippen molar-refractivity contribution in [3.63, 3.8) is 0 Å². The van der Waals surface area contributed by atoms with Gasteiger partial charge in [-0.25, -0.2) is 9.89 Å². The van der Waals surface area contributed by atoms with Crippen molar-refractivity contribution in [2.75, 3.05) is 6.54 Å². The zero-order valence-electron chi connectivity index (χ0n) is 17.8. The first kappa shape index (κ1) is 19.8. The van der Waals surface area contributed by atoms with Crippen LogP contribution in [0.25, 0.3) is 10.8 Å². The van der Waals surface area contributed by atoms with Crippen LogP contribution >= 0.6 is 0 Å². The van der Waals surface area contributed by atoms with Gasteiger partial charge in [-0.2, -0.15) is 5.10 Å². The summed E-state index contributed by atoms with van der Waals surface area (Å²) in [6.45, 7) is 2.96. The van der Waals surface area contributed by atoms with Gasteiger partial charge in [-0.3, -0.25) is 4.79 Å². The molecule has 2 fully saturated rings. The maximum absolute atomic E-state index is 12.5. The Morgan fingerprint density at radius 2 is 1.74 bits per heavy atom. The second-order valence-electron chi connectivity index (χ2n) is 9.10. The molecule has 0 unspecified atom stereocenters. The molecule has 0 spiro atoms. The average molecular weight is 417 g/mol. The molecule has 0 bridgehead atoms. The summed E-state index contributed by atoms with van der Waals surface area (Å²) in [5.41, 5.74) is 2.08. The summed E-state index contributed by atoms with van der Waals surface area (Å²) in [7, 11) is 0. The van der Waals surface area contributed by atoms with Crippen molar-refractivity contribution in [3.8, 4) is 0 Å². The largest absolute Gasteiger partial charge is 0.333 e.